The van der Waals surface area contributed by atoms with Gasteiger partial charge in [-0.1, -0.05) is 36.4 Å². The van der Waals surface area contributed by atoms with Gasteiger partial charge in [-0.05, 0) is 25.3 Å². The molecule has 0 bridgehead atoms. The van der Waals surface area contributed by atoms with Crippen molar-refractivity contribution in [1.29, 1.82) is 0 Å². The van der Waals surface area contributed by atoms with E-state index in [0.29, 0.717) is 0 Å². The van der Waals surface area contributed by atoms with Crippen molar-refractivity contribution >= 4 is 22.1 Å². The molecule has 3 aromatic rings. The molecule has 96 valence electrons. The van der Waals surface area contributed by atoms with E-state index in [1.165, 1.54) is 10.8 Å². The second-order valence-corrected chi connectivity index (χ2v) is 4.82. The highest BCUT2D eigenvalue weighted by molar-refractivity contribution is 5.95. The molecule has 2 aromatic carbocycles. The quantitative estimate of drug-likeness (QED) is 0.747. The summed E-state index contributed by atoms with van der Waals surface area (Å²) in [4.78, 5) is 0. The van der Waals surface area contributed by atoms with Crippen molar-refractivity contribution in [3.05, 3.63) is 53.9 Å². The zero-order valence-electron chi connectivity index (χ0n) is 11.4. The predicted molar refractivity (Wildman–Crippen MR) is 79.9 cm³/mol. The average molecular weight is 251 g/mol. The molecule has 0 aliphatic carbocycles. The Morgan fingerprint density at radius 2 is 1.74 bits per heavy atom. The van der Waals surface area contributed by atoms with Gasteiger partial charge in [-0.15, -0.1) is 0 Å². The minimum atomic E-state index is 1.02. The summed E-state index contributed by atoms with van der Waals surface area (Å²) in [5.41, 5.74) is 4.38. The number of anilines is 2. The first kappa shape index (κ1) is 11.8. The molecule has 0 atom stereocenters. The Morgan fingerprint density at radius 1 is 1.00 bits per heavy atom. The second-order valence-electron chi connectivity index (χ2n) is 4.82. The molecular weight excluding hydrogens is 234 g/mol. The van der Waals surface area contributed by atoms with E-state index in [-0.39, 0.29) is 0 Å². The minimum Gasteiger partial charge on any atom is -0.352 e. The van der Waals surface area contributed by atoms with Crippen molar-refractivity contribution in [2.75, 3.05) is 5.32 Å². The largest absolute Gasteiger partial charge is 0.352 e. The van der Waals surface area contributed by atoms with E-state index in [1.54, 1.807) is 0 Å². The molecule has 0 saturated heterocycles. The summed E-state index contributed by atoms with van der Waals surface area (Å²) in [7, 11) is 1.97. The van der Waals surface area contributed by atoms with Gasteiger partial charge in [-0.2, -0.15) is 5.10 Å². The molecule has 3 rings (SSSR count). The third-order valence-electron chi connectivity index (χ3n) is 3.56. The fraction of sp³-hybridized carbons (Fsp3) is 0.188. The van der Waals surface area contributed by atoms with Gasteiger partial charge in [0.15, 0.2) is 0 Å². The predicted octanol–water partition coefficient (Wildman–Crippen LogP) is 3.93. The lowest BCUT2D eigenvalue weighted by molar-refractivity contribution is 0.731. The van der Waals surface area contributed by atoms with E-state index in [4.69, 9.17) is 0 Å². The highest BCUT2D eigenvalue weighted by atomic mass is 15.3. The summed E-state index contributed by atoms with van der Waals surface area (Å²) in [6.07, 6.45) is 0. The van der Waals surface area contributed by atoms with Gasteiger partial charge in [0, 0.05) is 18.1 Å². The third-order valence-corrected chi connectivity index (χ3v) is 3.56. The van der Waals surface area contributed by atoms with Gasteiger partial charge in [0.25, 0.3) is 0 Å². The van der Waals surface area contributed by atoms with E-state index in [1.807, 2.05) is 18.7 Å². The van der Waals surface area contributed by atoms with Crippen LogP contribution in [0.15, 0.2) is 42.5 Å². The standard InChI is InChI=1S/C16H17N3/c1-11-16(12(2)19(3)18-11)17-15-10-6-8-13-7-4-5-9-14(13)15/h4-10,17H,1-3H3. The van der Waals surface area contributed by atoms with Gasteiger partial charge in [0.1, 0.15) is 0 Å². The average Bonchev–Trinajstić information content (AvgIpc) is 2.66. The van der Waals surface area contributed by atoms with E-state index in [9.17, 15) is 0 Å². The lowest BCUT2D eigenvalue weighted by Crippen LogP contribution is -1.96. The monoisotopic (exact) mass is 251 g/mol. The lowest BCUT2D eigenvalue weighted by Gasteiger charge is -2.10. The number of aryl methyl sites for hydroxylation is 2. The van der Waals surface area contributed by atoms with Crippen LogP contribution in [-0.2, 0) is 7.05 Å². The third kappa shape index (κ3) is 1.97. The molecule has 19 heavy (non-hydrogen) atoms. The SMILES string of the molecule is Cc1nn(C)c(C)c1Nc1cccc2ccccc12. The highest BCUT2D eigenvalue weighted by Crippen LogP contribution is 2.29. The summed E-state index contributed by atoms with van der Waals surface area (Å²) in [6, 6.07) is 14.7. The van der Waals surface area contributed by atoms with Crippen molar-refractivity contribution in [3.63, 3.8) is 0 Å². The van der Waals surface area contributed by atoms with Crippen LogP contribution in [0.3, 0.4) is 0 Å². The number of nitrogens with zero attached hydrogens (tertiary/aromatic N) is 2. The van der Waals surface area contributed by atoms with Crippen LogP contribution in [0.5, 0.6) is 0 Å². The molecule has 1 heterocycles. The van der Waals surface area contributed by atoms with Crippen LogP contribution in [0.2, 0.25) is 0 Å². The molecule has 0 aliphatic rings. The molecule has 1 N–H and O–H groups in total. The van der Waals surface area contributed by atoms with Crippen LogP contribution >= 0.6 is 0 Å². The molecule has 0 unspecified atom stereocenters. The van der Waals surface area contributed by atoms with Gasteiger partial charge in [0.05, 0.1) is 17.1 Å². The van der Waals surface area contributed by atoms with Crippen molar-refractivity contribution in [2.24, 2.45) is 7.05 Å². The fourth-order valence-electron chi connectivity index (χ4n) is 2.42. The number of fused-ring (bicyclic) bond motifs is 1. The summed E-state index contributed by atoms with van der Waals surface area (Å²) in [6.45, 7) is 4.11. The summed E-state index contributed by atoms with van der Waals surface area (Å²) < 4.78 is 1.91. The van der Waals surface area contributed by atoms with E-state index >= 15 is 0 Å². The van der Waals surface area contributed by atoms with Crippen LogP contribution in [0.4, 0.5) is 11.4 Å². The molecule has 0 radical (unpaired) electrons. The van der Waals surface area contributed by atoms with Crippen molar-refractivity contribution < 1.29 is 0 Å². The van der Waals surface area contributed by atoms with Crippen molar-refractivity contribution in [2.45, 2.75) is 13.8 Å². The zero-order valence-corrected chi connectivity index (χ0v) is 11.4. The summed E-state index contributed by atoms with van der Waals surface area (Å²) in [5.74, 6) is 0. The first-order valence-electron chi connectivity index (χ1n) is 6.42. The van der Waals surface area contributed by atoms with Crippen LogP contribution < -0.4 is 5.32 Å². The van der Waals surface area contributed by atoms with E-state index < -0.39 is 0 Å². The summed E-state index contributed by atoms with van der Waals surface area (Å²) in [5, 5.41) is 10.4. The van der Waals surface area contributed by atoms with Crippen LogP contribution in [0, 0.1) is 13.8 Å². The van der Waals surface area contributed by atoms with Gasteiger partial charge in [-0.25, -0.2) is 0 Å². The normalized spacial score (nSPS) is 10.9. The van der Waals surface area contributed by atoms with Crippen LogP contribution in [0.25, 0.3) is 10.8 Å². The van der Waals surface area contributed by atoms with Gasteiger partial charge in [0.2, 0.25) is 0 Å². The van der Waals surface area contributed by atoms with Gasteiger partial charge >= 0.3 is 0 Å². The molecule has 0 aliphatic heterocycles. The van der Waals surface area contributed by atoms with E-state index in [0.717, 1.165) is 22.8 Å². The lowest BCUT2D eigenvalue weighted by atomic mass is 10.1. The van der Waals surface area contributed by atoms with Crippen molar-refractivity contribution in [3.8, 4) is 0 Å². The molecular formula is C16H17N3. The number of nitrogens with one attached hydrogen (secondary N) is 1. The molecule has 0 spiro atoms. The Kier molecular flexibility index (Phi) is 2.75. The Labute approximate surface area is 112 Å². The number of aromatic nitrogens is 2. The number of rotatable bonds is 2. The first-order valence-corrected chi connectivity index (χ1v) is 6.42. The molecule has 0 amide bonds. The van der Waals surface area contributed by atoms with Crippen LogP contribution in [-0.4, -0.2) is 9.78 Å². The molecule has 0 saturated carbocycles. The maximum atomic E-state index is 4.44. The topological polar surface area (TPSA) is 29.9 Å². The van der Waals surface area contributed by atoms with Gasteiger partial charge in [-0.3, -0.25) is 4.68 Å². The number of hydrogen-bond donors (Lipinski definition) is 1. The molecule has 1 aromatic heterocycles. The first-order chi connectivity index (χ1) is 9.16. The Balaban J connectivity index is 2.11. The van der Waals surface area contributed by atoms with Crippen LogP contribution in [0.1, 0.15) is 11.4 Å². The highest BCUT2D eigenvalue weighted by Gasteiger charge is 2.10. The maximum Gasteiger partial charge on any atom is 0.0831 e. The minimum absolute atomic E-state index is 1.02. The Hall–Kier alpha value is -2.29. The Morgan fingerprint density at radius 3 is 2.47 bits per heavy atom. The zero-order chi connectivity index (χ0) is 13.4. The molecule has 3 heteroatoms. The molecule has 0 fully saturated rings. The molecule has 3 nitrogen and oxygen atoms in total. The van der Waals surface area contributed by atoms with Crippen molar-refractivity contribution in [1.82, 2.24) is 9.78 Å². The maximum absolute atomic E-state index is 4.44. The fourth-order valence-corrected chi connectivity index (χ4v) is 2.42. The smallest absolute Gasteiger partial charge is 0.0831 e. The number of benzene rings is 2. The number of hydrogen-bond acceptors (Lipinski definition) is 2. The second kappa shape index (κ2) is 4.43. The van der Waals surface area contributed by atoms with Gasteiger partial charge < -0.3 is 5.32 Å². The Bertz CT molecular complexity index is 736. The summed E-state index contributed by atoms with van der Waals surface area (Å²) >= 11 is 0. The van der Waals surface area contributed by atoms with E-state index in [2.05, 4.69) is 59.8 Å².